The third kappa shape index (κ3) is 5.78. The van der Waals surface area contributed by atoms with Crippen LogP contribution in [0.25, 0.3) is 0 Å². The molecule has 1 heterocycles. The fourth-order valence-corrected chi connectivity index (χ4v) is 3.03. The molecule has 0 bridgehead atoms. The molecule has 0 radical (unpaired) electrons. The molecule has 4 nitrogen and oxygen atoms in total. The number of aliphatic hydroxyl groups excluding tert-OH is 1. The average molecular weight is 279 g/mol. The molecule has 0 aromatic carbocycles. The Hall–Kier alpha value is -0.630. The van der Waals surface area contributed by atoms with Crippen LogP contribution in [0.3, 0.4) is 0 Å². The molecule has 1 N–H and O–H groups in total. The van der Waals surface area contributed by atoms with Gasteiger partial charge < -0.3 is 10.0 Å². The minimum Gasteiger partial charge on any atom is -0.390 e. The maximum atomic E-state index is 10.3. The van der Waals surface area contributed by atoms with Gasteiger partial charge in [0.2, 0.25) is 0 Å². The fraction of sp³-hybridized carbons (Fsp3) is 0.938. The van der Waals surface area contributed by atoms with Crippen LogP contribution in [0.5, 0.6) is 0 Å². The lowest BCUT2D eigenvalue weighted by molar-refractivity contribution is 0.0605. The van der Waals surface area contributed by atoms with E-state index in [-0.39, 0.29) is 6.10 Å². The van der Waals surface area contributed by atoms with E-state index in [1.807, 2.05) is 0 Å². The van der Waals surface area contributed by atoms with Crippen LogP contribution in [-0.2, 0) is 0 Å². The van der Waals surface area contributed by atoms with Crippen molar-refractivity contribution in [1.29, 1.82) is 5.26 Å². The summed E-state index contributed by atoms with van der Waals surface area (Å²) in [5.41, 5.74) is 0. The number of aliphatic hydroxyl groups is 1. The molecule has 0 amide bonds. The predicted molar refractivity (Wildman–Crippen MR) is 80.2 cm³/mol. The third-order valence-electron chi connectivity index (χ3n) is 4.57. The maximum Gasteiger partial charge on any atom is 0.0793 e. The summed E-state index contributed by atoms with van der Waals surface area (Å²) in [4.78, 5) is 4.68. The monoisotopic (exact) mass is 279 g/mol. The van der Waals surface area contributed by atoms with E-state index in [4.69, 9.17) is 5.26 Å². The van der Waals surface area contributed by atoms with Crippen LogP contribution in [0.1, 0.15) is 39.0 Å². The number of piperidine rings is 1. The number of hydrogen-bond donors (Lipinski definition) is 1. The molecule has 2 fully saturated rings. The van der Waals surface area contributed by atoms with Crippen molar-refractivity contribution in [3.8, 4) is 6.07 Å². The summed E-state index contributed by atoms with van der Waals surface area (Å²) in [6.07, 6.45) is 5.45. The van der Waals surface area contributed by atoms with Crippen molar-refractivity contribution >= 4 is 0 Å². The molecule has 20 heavy (non-hydrogen) atoms. The quantitative estimate of drug-likeness (QED) is 0.735. The molecule has 1 saturated heterocycles. The van der Waals surface area contributed by atoms with E-state index in [2.05, 4.69) is 22.8 Å². The van der Waals surface area contributed by atoms with Gasteiger partial charge in [-0.25, -0.2) is 0 Å². The lowest BCUT2D eigenvalue weighted by Crippen LogP contribution is -2.43. The van der Waals surface area contributed by atoms with Crippen molar-refractivity contribution in [1.82, 2.24) is 9.80 Å². The van der Waals surface area contributed by atoms with E-state index in [1.54, 1.807) is 0 Å². The molecule has 4 heteroatoms. The van der Waals surface area contributed by atoms with Gasteiger partial charge in [0.05, 0.1) is 12.2 Å². The molecule has 0 aromatic rings. The van der Waals surface area contributed by atoms with E-state index >= 15 is 0 Å². The largest absolute Gasteiger partial charge is 0.390 e. The van der Waals surface area contributed by atoms with Gasteiger partial charge in [-0.3, -0.25) is 4.90 Å². The van der Waals surface area contributed by atoms with E-state index in [1.165, 1.54) is 25.7 Å². The molecule has 1 saturated carbocycles. The summed E-state index contributed by atoms with van der Waals surface area (Å²) in [5.74, 6) is 1.65. The number of rotatable bonds is 8. The van der Waals surface area contributed by atoms with Crippen LogP contribution in [0, 0.1) is 23.2 Å². The number of β-amino-alcohol motifs (C(OH)–C–C–N with tert-alkyl or cyclic N) is 1. The van der Waals surface area contributed by atoms with Crippen LogP contribution in [0.15, 0.2) is 0 Å². The first-order valence-electron chi connectivity index (χ1n) is 8.17. The van der Waals surface area contributed by atoms with E-state index < -0.39 is 0 Å². The first-order valence-corrected chi connectivity index (χ1v) is 8.17. The maximum absolute atomic E-state index is 10.3. The van der Waals surface area contributed by atoms with Crippen LogP contribution in [-0.4, -0.2) is 60.3 Å². The van der Waals surface area contributed by atoms with Gasteiger partial charge in [0.1, 0.15) is 0 Å². The Morgan fingerprint density at radius 1 is 1.30 bits per heavy atom. The lowest BCUT2D eigenvalue weighted by Gasteiger charge is -2.33. The summed E-state index contributed by atoms with van der Waals surface area (Å²) in [5, 5.41) is 19.0. The second kappa shape index (κ2) is 7.97. The second-order valence-corrected chi connectivity index (χ2v) is 6.75. The topological polar surface area (TPSA) is 50.5 Å². The highest BCUT2D eigenvalue weighted by atomic mass is 16.3. The van der Waals surface area contributed by atoms with Crippen molar-refractivity contribution in [2.45, 2.75) is 45.1 Å². The SMILES string of the molecule is CC1CCN(CC(O)CN(CCC#N)CC2CC2)CC1. The summed E-state index contributed by atoms with van der Waals surface area (Å²) in [7, 11) is 0. The molecule has 1 aliphatic heterocycles. The van der Waals surface area contributed by atoms with E-state index in [9.17, 15) is 5.11 Å². The van der Waals surface area contributed by atoms with Gasteiger partial charge in [0.15, 0.2) is 0 Å². The van der Waals surface area contributed by atoms with Crippen LogP contribution < -0.4 is 0 Å². The first-order chi connectivity index (χ1) is 9.67. The highest BCUT2D eigenvalue weighted by Gasteiger charge is 2.26. The van der Waals surface area contributed by atoms with E-state index in [0.717, 1.165) is 51.1 Å². The summed E-state index contributed by atoms with van der Waals surface area (Å²) in [6.45, 7) is 7.95. The number of hydrogen-bond acceptors (Lipinski definition) is 4. The average Bonchev–Trinajstić information content (AvgIpc) is 3.22. The zero-order chi connectivity index (χ0) is 14.4. The Morgan fingerprint density at radius 3 is 2.60 bits per heavy atom. The van der Waals surface area contributed by atoms with Gasteiger partial charge >= 0.3 is 0 Å². The summed E-state index contributed by atoms with van der Waals surface area (Å²) < 4.78 is 0. The van der Waals surface area contributed by atoms with Crippen molar-refractivity contribution in [3.63, 3.8) is 0 Å². The molecule has 114 valence electrons. The Balaban J connectivity index is 1.69. The third-order valence-corrected chi connectivity index (χ3v) is 4.57. The fourth-order valence-electron chi connectivity index (χ4n) is 3.03. The second-order valence-electron chi connectivity index (χ2n) is 6.75. The normalized spacial score (nSPS) is 22.9. The predicted octanol–water partition coefficient (Wildman–Crippen LogP) is 1.70. The molecule has 1 unspecified atom stereocenters. The van der Waals surface area contributed by atoms with Crippen LogP contribution in [0.4, 0.5) is 0 Å². The smallest absolute Gasteiger partial charge is 0.0793 e. The summed E-state index contributed by atoms with van der Waals surface area (Å²) in [6, 6.07) is 2.22. The molecular weight excluding hydrogens is 250 g/mol. The molecule has 2 aliphatic rings. The minimum absolute atomic E-state index is 0.277. The highest BCUT2D eigenvalue weighted by Crippen LogP contribution is 2.29. The zero-order valence-electron chi connectivity index (χ0n) is 12.8. The molecule has 1 atom stereocenters. The summed E-state index contributed by atoms with van der Waals surface area (Å²) >= 11 is 0. The number of nitrogens with zero attached hydrogens (tertiary/aromatic N) is 3. The zero-order valence-corrected chi connectivity index (χ0v) is 12.8. The molecule has 0 spiro atoms. The van der Waals surface area contributed by atoms with Gasteiger partial charge in [-0.1, -0.05) is 6.92 Å². The lowest BCUT2D eigenvalue weighted by atomic mass is 9.99. The van der Waals surface area contributed by atoms with Gasteiger partial charge in [0, 0.05) is 32.6 Å². The van der Waals surface area contributed by atoms with Crippen molar-refractivity contribution < 1.29 is 5.11 Å². The van der Waals surface area contributed by atoms with Crippen LogP contribution in [0.2, 0.25) is 0 Å². The van der Waals surface area contributed by atoms with Gasteiger partial charge in [-0.2, -0.15) is 5.26 Å². The minimum atomic E-state index is -0.277. The molecule has 0 aromatic heterocycles. The highest BCUT2D eigenvalue weighted by molar-refractivity contribution is 4.82. The van der Waals surface area contributed by atoms with Crippen LogP contribution >= 0.6 is 0 Å². The Morgan fingerprint density at radius 2 is 2.00 bits per heavy atom. The van der Waals surface area contributed by atoms with Gasteiger partial charge in [0.25, 0.3) is 0 Å². The van der Waals surface area contributed by atoms with Crippen molar-refractivity contribution in [3.05, 3.63) is 0 Å². The molecule has 1 aliphatic carbocycles. The van der Waals surface area contributed by atoms with E-state index in [0.29, 0.717) is 6.42 Å². The van der Waals surface area contributed by atoms with Gasteiger partial charge in [-0.05, 0) is 50.6 Å². The molecule has 2 rings (SSSR count). The number of nitriles is 1. The van der Waals surface area contributed by atoms with Crippen molar-refractivity contribution in [2.24, 2.45) is 11.8 Å². The Bertz CT molecular complexity index is 316. The number of likely N-dealkylation sites (tertiary alicyclic amines) is 1. The Labute approximate surface area is 123 Å². The van der Waals surface area contributed by atoms with Crippen molar-refractivity contribution in [2.75, 3.05) is 39.3 Å². The Kier molecular flexibility index (Phi) is 6.28. The first kappa shape index (κ1) is 15.8. The standard InChI is InChI=1S/C16H29N3O/c1-14-5-9-18(10-6-14)12-16(20)13-19(8-2-7-17)11-15-3-4-15/h14-16,20H,2-6,8-13H2,1H3. The van der Waals surface area contributed by atoms with Gasteiger partial charge in [-0.15, -0.1) is 0 Å². The molecular formula is C16H29N3O.